The third kappa shape index (κ3) is 5.31. The van der Waals surface area contributed by atoms with Gasteiger partial charge in [-0.3, -0.25) is 9.59 Å². The van der Waals surface area contributed by atoms with E-state index < -0.39 is 0 Å². The summed E-state index contributed by atoms with van der Waals surface area (Å²) < 4.78 is 6.54. The third-order valence-corrected chi connectivity index (χ3v) is 4.36. The number of hydrogen-bond acceptors (Lipinski definition) is 4. The molecule has 142 valence electrons. The van der Waals surface area contributed by atoms with Gasteiger partial charge in [-0.15, -0.1) is 0 Å². The summed E-state index contributed by atoms with van der Waals surface area (Å²) in [6.45, 7) is 1.40. The van der Waals surface area contributed by atoms with Gasteiger partial charge in [0.1, 0.15) is 5.75 Å². The summed E-state index contributed by atoms with van der Waals surface area (Å²) in [5.41, 5.74) is 1.32. The van der Waals surface area contributed by atoms with Crippen LogP contribution in [0.3, 0.4) is 0 Å². The third-order valence-electron chi connectivity index (χ3n) is 3.55. The molecule has 2 amide bonds. The SMILES string of the molecule is CC(=O)Nc1ccc(NC(=O)c2ccc(Oc3cccc(Br)c3)nc2)c(Cl)c1. The fourth-order valence-electron chi connectivity index (χ4n) is 2.32. The molecular formula is C20H15BrClN3O3. The van der Waals surface area contributed by atoms with E-state index in [4.69, 9.17) is 16.3 Å². The molecular weight excluding hydrogens is 446 g/mol. The summed E-state index contributed by atoms with van der Waals surface area (Å²) in [5, 5.41) is 5.65. The Morgan fingerprint density at radius 2 is 1.89 bits per heavy atom. The van der Waals surface area contributed by atoms with Crippen molar-refractivity contribution in [1.82, 2.24) is 4.98 Å². The summed E-state index contributed by atoms with van der Waals surface area (Å²) in [6.07, 6.45) is 1.42. The highest BCUT2D eigenvalue weighted by Gasteiger charge is 2.11. The first kappa shape index (κ1) is 19.9. The monoisotopic (exact) mass is 459 g/mol. The van der Waals surface area contributed by atoms with Crippen molar-refractivity contribution in [2.45, 2.75) is 6.92 Å². The molecule has 0 radical (unpaired) electrons. The molecule has 6 nitrogen and oxygen atoms in total. The van der Waals surface area contributed by atoms with Gasteiger partial charge in [0, 0.05) is 29.3 Å². The number of pyridine rings is 1. The number of benzene rings is 2. The predicted molar refractivity (Wildman–Crippen MR) is 112 cm³/mol. The second kappa shape index (κ2) is 8.86. The van der Waals surface area contributed by atoms with Gasteiger partial charge in [-0.1, -0.05) is 33.6 Å². The quantitative estimate of drug-likeness (QED) is 0.527. The summed E-state index contributed by atoms with van der Waals surface area (Å²) in [6, 6.07) is 15.4. The van der Waals surface area contributed by atoms with Gasteiger partial charge in [0.15, 0.2) is 0 Å². The molecule has 1 aromatic heterocycles. The van der Waals surface area contributed by atoms with Crippen molar-refractivity contribution < 1.29 is 14.3 Å². The summed E-state index contributed by atoms with van der Waals surface area (Å²) in [7, 11) is 0. The Morgan fingerprint density at radius 3 is 2.54 bits per heavy atom. The number of aromatic nitrogens is 1. The number of hydrogen-bond donors (Lipinski definition) is 2. The lowest BCUT2D eigenvalue weighted by molar-refractivity contribution is -0.114. The molecule has 0 fully saturated rings. The van der Waals surface area contributed by atoms with Crippen LogP contribution in [0.5, 0.6) is 11.6 Å². The van der Waals surface area contributed by atoms with E-state index in [0.717, 1.165) is 4.47 Å². The molecule has 3 rings (SSSR count). The highest BCUT2D eigenvalue weighted by atomic mass is 79.9. The van der Waals surface area contributed by atoms with Crippen molar-refractivity contribution in [2.24, 2.45) is 0 Å². The van der Waals surface area contributed by atoms with Crippen LogP contribution >= 0.6 is 27.5 Å². The van der Waals surface area contributed by atoms with Crippen molar-refractivity contribution in [1.29, 1.82) is 0 Å². The molecule has 0 unspecified atom stereocenters. The highest BCUT2D eigenvalue weighted by molar-refractivity contribution is 9.10. The first-order valence-corrected chi connectivity index (χ1v) is 9.36. The van der Waals surface area contributed by atoms with Gasteiger partial charge in [0.2, 0.25) is 11.8 Å². The van der Waals surface area contributed by atoms with Crippen molar-refractivity contribution >= 4 is 50.7 Å². The van der Waals surface area contributed by atoms with Gasteiger partial charge in [0.05, 0.1) is 16.3 Å². The van der Waals surface area contributed by atoms with E-state index in [2.05, 4.69) is 31.5 Å². The minimum absolute atomic E-state index is 0.205. The molecule has 0 saturated heterocycles. The van der Waals surface area contributed by atoms with Crippen molar-refractivity contribution in [2.75, 3.05) is 10.6 Å². The van der Waals surface area contributed by atoms with E-state index in [1.807, 2.05) is 18.2 Å². The van der Waals surface area contributed by atoms with Crippen molar-refractivity contribution in [3.63, 3.8) is 0 Å². The molecule has 0 atom stereocenters. The lowest BCUT2D eigenvalue weighted by atomic mass is 10.2. The zero-order valence-corrected chi connectivity index (χ0v) is 17.0. The maximum absolute atomic E-state index is 12.4. The van der Waals surface area contributed by atoms with Crippen LogP contribution in [0.4, 0.5) is 11.4 Å². The van der Waals surface area contributed by atoms with Gasteiger partial charge in [-0.2, -0.15) is 0 Å². The predicted octanol–water partition coefficient (Wildman–Crippen LogP) is 5.50. The first-order valence-electron chi connectivity index (χ1n) is 8.19. The number of anilines is 2. The number of carbonyl (C=O) groups is 2. The maximum atomic E-state index is 12.4. The molecule has 8 heteroatoms. The summed E-state index contributed by atoms with van der Waals surface area (Å²) in [4.78, 5) is 27.7. The van der Waals surface area contributed by atoms with Gasteiger partial charge in [-0.25, -0.2) is 4.98 Å². The molecule has 0 saturated carbocycles. The van der Waals surface area contributed by atoms with Crippen molar-refractivity contribution in [3.05, 3.63) is 75.9 Å². The molecule has 0 spiro atoms. The number of rotatable bonds is 5. The van der Waals surface area contributed by atoms with E-state index in [1.165, 1.54) is 13.1 Å². The van der Waals surface area contributed by atoms with Gasteiger partial charge >= 0.3 is 0 Å². The fourth-order valence-corrected chi connectivity index (χ4v) is 2.92. The van der Waals surface area contributed by atoms with Crippen LogP contribution < -0.4 is 15.4 Å². The average molecular weight is 461 g/mol. The van der Waals surface area contributed by atoms with E-state index in [1.54, 1.807) is 36.4 Å². The van der Waals surface area contributed by atoms with Gasteiger partial charge < -0.3 is 15.4 Å². The Balaban J connectivity index is 1.67. The Labute approximate surface area is 175 Å². The number of nitrogens with one attached hydrogen (secondary N) is 2. The summed E-state index contributed by atoms with van der Waals surface area (Å²) in [5.74, 6) is 0.428. The van der Waals surface area contributed by atoms with Gasteiger partial charge in [-0.05, 0) is 42.5 Å². The minimum Gasteiger partial charge on any atom is -0.439 e. The lowest BCUT2D eigenvalue weighted by Crippen LogP contribution is -2.13. The molecule has 1 heterocycles. The van der Waals surface area contributed by atoms with E-state index in [9.17, 15) is 9.59 Å². The molecule has 3 aromatic rings. The standard InChI is InChI=1S/C20H15BrClN3O3/c1-12(26)24-15-6-7-18(17(22)10-15)25-20(27)13-5-8-19(23-11-13)28-16-4-2-3-14(21)9-16/h2-11H,1H3,(H,24,26)(H,25,27). The highest BCUT2D eigenvalue weighted by Crippen LogP contribution is 2.26. The second-order valence-electron chi connectivity index (χ2n) is 5.77. The average Bonchev–Trinajstić information content (AvgIpc) is 2.64. The smallest absolute Gasteiger partial charge is 0.257 e. The Kier molecular flexibility index (Phi) is 6.28. The van der Waals surface area contributed by atoms with Crippen LogP contribution in [0, 0.1) is 0 Å². The molecule has 2 N–H and O–H groups in total. The van der Waals surface area contributed by atoms with E-state index >= 15 is 0 Å². The zero-order chi connectivity index (χ0) is 20.1. The number of ether oxygens (including phenoxy) is 1. The van der Waals surface area contributed by atoms with E-state index in [-0.39, 0.29) is 11.8 Å². The van der Waals surface area contributed by atoms with E-state index in [0.29, 0.717) is 33.6 Å². The normalized spacial score (nSPS) is 10.2. The van der Waals surface area contributed by atoms with Crippen LogP contribution in [0.1, 0.15) is 17.3 Å². The number of halogens is 2. The molecule has 28 heavy (non-hydrogen) atoms. The van der Waals surface area contributed by atoms with Crippen LogP contribution in [0.25, 0.3) is 0 Å². The zero-order valence-electron chi connectivity index (χ0n) is 14.7. The largest absolute Gasteiger partial charge is 0.439 e. The lowest BCUT2D eigenvalue weighted by Gasteiger charge is -2.10. The van der Waals surface area contributed by atoms with Crippen LogP contribution in [0.2, 0.25) is 5.02 Å². The van der Waals surface area contributed by atoms with Gasteiger partial charge in [0.25, 0.3) is 5.91 Å². The topological polar surface area (TPSA) is 80.3 Å². The molecule has 0 aliphatic heterocycles. The fraction of sp³-hybridized carbons (Fsp3) is 0.0500. The minimum atomic E-state index is -0.365. The first-order chi connectivity index (χ1) is 13.4. The van der Waals surface area contributed by atoms with Crippen molar-refractivity contribution in [3.8, 4) is 11.6 Å². The maximum Gasteiger partial charge on any atom is 0.257 e. The van der Waals surface area contributed by atoms with Crippen LogP contribution in [-0.4, -0.2) is 16.8 Å². The Morgan fingerprint density at radius 1 is 1.07 bits per heavy atom. The molecule has 0 aliphatic carbocycles. The molecule has 0 bridgehead atoms. The molecule has 2 aromatic carbocycles. The summed E-state index contributed by atoms with van der Waals surface area (Å²) >= 11 is 9.54. The number of carbonyl (C=O) groups excluding carboxylic acids is 2. The Hall–Kier alpha value is -2.90. The number of nitrogens with zero attached hydrogens (tertiary/aromatic N) is 1. The number of amides is 2. The second-order valence-corrected chi connectivity index (χ2v) is 7.10. The Bertz CT molecular complexity index is 1030. The van der Waals surface area contributed by atoms with Crippen LogP contribution in [-0.2, 0) is 4.79 Å². The van der Waals surface area contributed by atoms with Crippen LogP contribution in [0.15, 0.2) is 65.3 Å². The molecule has 0 aliphatic rings.